The second kappa shape index (κ2) is 7.36. The molecule has 2 bridgehead atoms. The molecule has 2 amide bonds. The number of methoxy groups -OCH3 is 1. The summed E-state index contributed by atoms with van der Waals surface area (Å²) in [6.45, 7) is 0.267. The van der Waals surface area contributed by atoms with Crippen molar-refractivity contribution in [2.24, 2.45) is 0 Å². The average molecular weight is 471 g/mol. The first-order valence-electron chi connectivity index (χ1n) is 11.4. The Balaban J connectivity index is 1.36. The number of nitrogens with one attached hydrogen (secondary N) is 1. The highest BCUT2D eigenvalue weighted by atomic mass is 19.1. The minimum absolute atomic E-state index is 0.0631. The fourth-order valence-corrected chi connectivity index (χ4v) is 5.64. The summed E-state index contributed by atoms with van der Waals surface area (Å²) in [5.74, 6) is -2.73. The number of carbonyl (C=O) groups excluding carboxylic acids is 2. The van der Waals surface area contributed by atoms with Crippen molar-refractivity contribution in [2.45, 2.75) is 62.6 Å². The van der Waals surface area contributed by atoms with E-state index in [-0.39, 0.29) is 47.2 Å². The second-order valence-electron chi connectivity index (χ2n) is 9.46. The number of hydrogen-bond donors (Lipinski definition) is 1. The van der Waals surface area contributed by atoms with Crippen LogP contribution < -0.4 is 15.5 Å². The Labute approximate surface area is 193 Å². The van der Waals surface area contributed by atoms with Gasteiger partial charge in [-0.25, -0.2) is 8.78 Å². The van der Waals surface area contributed by atoms with Gasteiger partial charge in [0.15, 0.2) is 17.7 Å². The Kier molecular flexibility index (Phi) is 4.61. The van der Waals surface area contributed by atoms with Crippen LogP contribution in [0.5, 0.6) is 5.75 Å². The normalized spacial score (nSPS) is 26.0. The van der Waals surface area contributed by atoms with Gasteiger partial charge in [-0.2, -0.15) is 0 Å². The first kappa shape index (κ1) is 21.3. The van der Waals surface area contributed by atoms with E-state index in [0.29, 0.717) is 12.8 Å². The maximum absolute atomic E-state index is 14.4. The molecule has 1 N–H and O–H groups in total. The van der Waals surface area contributed by atoms with Crippen molar-refractivity contribution in [1.29, 1.82) is 0 Å². The first-order chi connectivity index (χ1) is 16.3. The second-order valence-corrected chi connectivity index (χ2v) is 9.46. The molecule has 34 heavy (non-hydrogen) atoms. The number of carbonyl (C=O) groups is 2. The molecule has 2 aliphatic heterocycles. The number of halogens is 2. The number of aromatic nitrogens is 1. The van der Waals surface area contributed by atoms with Crippen molar-refractivity contribution in [3.8, 4) is 5.75 Å². The quantitative estimate of drug-likeness (QED) is 0.739. The fraction of sp³-hybridized carbons (Fsp3) is 0.458. The number of fused-ring (bicyclic) bond motifs is 5. The molecule has 2 saturated carbocycles. The Bertz CT molecular complexity index is 1290. The van der Waals surface area contributed by atoms with Crippen molar-refractivity contribution in [1.82, 2.24) is 14.8 Å². The largest absolute Gasteiger partial charge is 0.491 e. The van der Waals surface area contributed by atoms with Crippen LogP contribution in [-0.2, 0) is 16.8 Å². The predicted octanol–water partition coefficient (Wildman–Crippen LogP) is 2.29. The molecule has 6 rings (SSSR count). The molecule has 0 spiro atoms. The van der Waals surface area contributed by atoms with E-state index in [9.17, 15) is 23.2 Å². The SMILES string of the molecule is COc1c2n(cc(C(=O)NC3(c4ccc(F)cc4F)CC3)c1=O)CC1O[C@H]3CC[C@H](C3)N1C2=O. The Morgan fingerprint density at radius 2 is 2.03 bits per heavy atom. The van der Waals surface area contributed by atoms with Gasteiger partial charge in [0.1, 0.15) is 17.2 Å². The van der Waals surface area contributed by atoms with Crippen LogP contribution in [-0.4, -0.2) is 46.8 Å². The molecule has 1 aromatic carbocycles. The summed E-state index contributed by atoms with van der Waals surface area (Å²) in [6, 6.07) is 3.27. The lowest BCUT2D eigenvalue weighted by Gasteiger charge is -2.44. The molecular weight excluding hydrogens is 448 g/mol. The first-order valence-corrected chi connectivity index (χ1v) is 11.4. The van der Waals surface area contributed by atoms with Crippen LogP contribution in [0.2, 0.25) is 0 Å². The van der Waals surface area contributed by atoms with Crippen molar-refractivity contribution >= 4 is 11.8 Å². The van der Waals surface area contributed by atoms with E-state index >= 15 is 0 Å². The van der Waals surface area contributed by atoms with Gasteiger partial charge in [0.05, 0.1) is 25.3 Å². The highest BCUT2D eigenvalue weighted by Gasteiger charge is 2.50. The molecule has 2 aliphatic carbocycles. The van der Waals surface area contributed by atoms with Crippen LogP contribution in [0, 0.1) is 11.6 Å². The fourth-order valence-electron chi connectivity index (χ4n) is 5.64. The maximum Gasteiger partial charge on any atom is 0.276 e. The number of ether oxygens (including phenoxy) is 2. The number of benzene rings is 1. The van der Waals surface area contributed by atoms with Gasteiger partial charge in [-0.1, -0.05) is 6.07 Å². The molecule has 2 aromatic rings. The number of amides is 2. The van der Waals surface area contributed by atoms with Gasteiger partial charge in [-0.05, 0) is 38.2 Å². The summed E-state index contributed by atoms with van der Waals surface area (Å²) in [6.07, 6.45) is 4.39. The van der Waals surface area contributed by atoms with E-state index < -0.39 is 34.7 Å². The smallest absolute Gasteiger partial charge is 0.276 e. The van der Waals surface area contributed by atoms with Crippen LogP contribution in [0.3, 0.4) is 0 Å². The molecule has 0 radical (unpaired) electrons. The molecule has 1 saturated heterocycles. The minimum atomic E-state index is -1.01. The number of hydrogen-bond acceptors (Lipinski definition) is 5. The van der Waals surface area contributed by atoms with Crippen molar-refractivity contribution < 1.29 is 27.8 Å². The number of rotatable bonds is 4. The molecule has 8 nitrogen and oxygen atoms in total. The third-order valence-corrected chi connectivity index (χ3v) is 7.44. The van der Waals surface area contributed by atoms with Crippen LogP contribution in [0.4, 0.5) is 8.78 Å². The van der Waals surface area contributed by atoms with Gasteiger partial charge in [0, 0.05) is 23.9 Å². The van der Waals surface area contributed by atoms with Gasteiger partial charge in [-0.3, -0.25) is 14.4 Å². The van der Waals surface area contributed by atoms with E-state index in [1.54, 1.807) is 9.47 Å². The van der Waals surface area contributed by atoms with E-state index in [1.807, 2.05) is 0 Å². The summed E-state index contributed by atoms with van der Waals surface area (Å²) in [5.41, 5.74) is -1.66. The summed E-state index contributed by atoms with van der Waals surface area (Å²) in [4.78, 5) is 41.5. The van der Waals surface area contributed by atoms with E-state index in [0.717, 1.165) is 31.4 Å². The molecule has 4 aliphatic rings. The molecule has 10 heteroatoms. The zero-order valence-electron chi connectivity index (χ0n) is 18.5. The van der Waals surface area contributed by atoms with Crippen LogP contribution >= 0.6 is 0 Å². The molecule has 178 valence electrons. The maximum atomic E-state index is 14.4. The van der Waals surface area contributed by atoms with Crippen LogP contribution in [0.25, 0.3) is 0 Å². The zero-order chi connectivity index (χ0) is 23.8. The summed E-state index contributed by atoms with van der Waals surface area (Å²) < 4.78 is 40.7. The summed E-state index contributed by atoms with van der Waals surface area (Å²) >= 11 is 0. The van der Waals surface area contributed by atoms with Crippen molar-refractivity contribution in [2.75, 3.05) is 7.11 Å². The molecular formula is C24H23F2N3O5. The average Bonchev–Trinajstić information content (AvgIpc) is 3.47. The van der Waals surface area contributed by atoms with E-state index in [2.05, 4.69) is 5.32 Å². The lowest BCUT2D eigenvalue weighted by molar-refractivity contribution is -0.132. The monoisotopic (exact) mass is 471 g/mol. The van der Waals surface area contributed by atoms with E-state index in [4.69, 9.17) is 9.47 Å². The molecule has 3 atom stereocenters. The molecule has 3 fully saturated rings. The van der Waals surface area contributed by atoms with Gasteiger partial charge >= 0.3 is 0 Å². The Hall–Kier alpha value is -3.27. The zero-order valence-corrected chi connectivity index (χ0v) is 18.5. The van der Waals surface area contributed by atoms with Gasteiger partial charge in [0.25, 0.3) is 11.8 Å². The minimum Gasteiger partial charge on any atom is -0.491 e. The summed E-state index contributed by atoms with van der Waals surface area (Å²) in [5, 5.41) is 2.75. The Morgan fingerprint density at radius 3 is 2.74 bits per heavy atom. The number of pyridine rings is 1. The van der Waals surface area contributed by atoms with Crippen LogP contribution in [0.1, 0.15) is 58.5 Å². The van der Waals surface area contributed by atoms with Crippen molar-refractivity contribution in [3.05, 3.63) is 63.1 Å². The third-order valence-electron chi connectivity index (χ3n) is 7.44. The van der Waals surface area contributed by atoms with Crippen molar-refractivity contribution in [3.63, 3.8) is 0 Å². The lowest BCUT2D eigenvalue weighted by atomic mass is 10.0. The third kappa shape index (κ3) is 3.08. The topological polar surface area (TPSA) is 89.9 Å². The summed E-state index contributed by atoms with van der Waals surface area (Å²) in [7, 11) is 1.28. The van der Waals surface area contributed by atoms with Crippen LogP contribution in [0.15, 0.2) is 29.2 Å². The highest BCUT2D eigenvalue weighted by molar-refractivity contribution is 5.99. The number of nitrogens with zero attached hydrogens (tertiary/aromatic N) is 2. The standard InChI is InChI=1S/C24H23F2N3O5/c1-33-21-19-23(32)29-13-3-4-14(9-13)34-18(29)11-28(19)10-15(20(21)30)22(31)27-24(6-7-24)16-5-2-12(25)8-17(16)26/h2,5,8,10,13-14,18H,3-4,6-7,9,11H2,1H3,(H,27,31)/t13-,14+,18?/m1/s1. The predicted molar refractivity (Wildman–Crippen MR) is 114 cm³/mol. The molecule has 3 heterocycles. The Morgan fingerprint density at radius 1 is 1.24 bits per heavy atom. The highest BCUT2D eigenvalue weighted by Crippen LogP contribution is 2.47. The van der Waals surface area contributed by atoms with Gasteiger partial charge in [-0.15, -0.1) is 0 Å². The van der Waals surface area contributed by atoms with Gasteiger partial charge in [0.2, 0.25) is 5.43 Å². The molecule has 1 aromatic heterocycles. The lowest BCUT2D eigenvalue weighted by Crippen LogP contribution is -2.57. The van der Waals surface area contributed by atoms with E-state index in [1.165, 1.54) is 19.4 Å². The molecule has 1 unspecified atom stereocenters. The van der Waals surface area contributed by atoms with Gasteiger partial charge < -0.3 is 24.3 Å².